The van der Waals surface area contributed by atoms with Crippen molar-refractivity contribution >= 4 is 11.6 Å². The lowest BCUT2D eigenvalue weighted by Gasteiger charge is -2.32. The molecule has 27 heavy (non-hydrogen) atoms. The summed E-state index contributed by atoms with van der Waals surface area (Å²) in [6.07, 6.45) is 0.879. The molecule has 6 heteroatoms. The number of hydrogen-bond acceptors (Lipinski definition) is 5. The van der Waals surface area contributed by atoms with E-state index in [1.54, 1.807) is 0 Å². The molecule has 2 unspecified atom stereocenters. The topological polar surface area (TPSA) is 78.9 Å². The largest absolute Gasteiger partial charge is 0.391 e. The van der Waals surface area contributed by atoms with Crippen LogP contribution in [0.15, 0.2) is 15.6 Å². The molecule has 0 aromatic carbocycles. The molecule has 1 saturated heterocycles. The van der Waals surface area contributed by atoms with Crippen LogP contribution in [0.3, 0.4) is 0 Å². The van der Waals surface area contributed by atoms with E-state index in [1.165, 1.54) is 0 Å². The van der Waals surface area contributed by atoms with Gasteiger partial charge < -0.3 is 14.5 Å². The second-order valence-corrected chi connectivity index (χ2v) is 9.71. The molecule has 1 N–H and O–H groups in total. The third-order valence-electron chi connectivity index (χ3n) is 6.53. The summed E-state index contributed by atoms with van der Waals surface area (Å²) in [5.41, 5.74) is 1.66. The highest BCUT2D eigenvalue weighted by Gasteiger charge is 2.49. The molecule has 0 spiro atoms. The number of aliphatic hydroxyl groups excluding tert-OH is 1. The first-order chi connectivity index (χ1) is 12.4. The average molecular weight is 376 g/mol. The fourth-order valence-corrected chi connectivity index (χ4v) is 4.23. The van der Waals surface area contributed by atoms with E-state index in [4.69, 9.17) is 9.52 Å². The van der Waals surface area contributed by atoms with Crippen LogP contribution in [0.1, 0.15) is 71.8 Å². The number of likely N-dealkylation sites (tertiary alicyclic amines) is 1. The van der Waals surface area contributed by atoms with Crippen molar-refractivity contribution in [3.63, 3.8) is 0 Å². The van der Waals surface area contributed by atoms with E-state index in [0.717, 1.165) is 17.8 Å². The number of hydrogen-bond donors (Lipinski definition) is 1. The van der Waals surface area contributed by atoms with Crippen LogP contribution in [0.5, 0.6) is 0 Å². The number of aromatic nitrogens is 1. The lowest BCUT2D eigenvalue weighted by molar-refractivity contribution is -0.134. The van der Waals surface area contributed by atoms with Gasteiger partial charge in [-0.25, -0.2) is 0 Å². The Hall–Kier alpha value is -1.69. The van der Waals surface area contributed by atoms with Gasteiger partial charge in [0, 0.05) is 24.7 Å². The second kappa shape index (κ2) is 6.73. The monoisotopic (exact) mass is 375 g/mol. The van der Waals surface area contributed by atoms with Crippen LogP contribution in [-0.2, 0) is 4.79 Å². The SMILES string of the molecule is Cc1cc(C(C(=O)N2C[C@H](O)CC2C2=NC(C)(C)C(C)(C)C2)C(C)C)on1. The molecule has 1 fully saturated rings. The van der Waals surface area contributed by atoms with E-state index in [9.17, 15) is 9.90 Å². The first-order valence-electron chi connectivity index (χ1n) is 9.93. The fourth-order valence-electron chi connectivity index (χ4n) is 4.23. The van der Waals surface area contributed by atoms with Gasteiger partial charge in [0.15, 0.2) is 0 Å². The smallest absolute Gasteiger partial charge is 0.234 e. The maximum Gasteiger partial charge on any atom is 0.234 e. The van der Waals surface area contributed by atoms with E-state index < -0.39 is 12.0 Å². The number of carbonyl (C=O) groups is 1. The van der Waals surface area contributed by atoms with Gasteiger partial charge in [0.25, 0.3) is 0 Å². The molecule has 2 aliphatic heterocycles. The zero-order chi connectivity index (χ0) is 20.1. The number of amides is 1. The quantitative estimate of drug-likeness (QED) is 0.875. The van der Waals surface area contributed by atoms with Gasteiger partial charge in [-0.3, -0.25) is 9.79 Å². The number of aliphatic imine (C=N–C) groups is 1. The van der Waals surface area contributed by atoms with Crippen LogP contribution in [0.2, 0.25) is 0 Å². The summed E-state index contributed by atoms with van der Waals surface area (Å²) in [6, 6.07) is 1.70. The molecule has 3 heterocycles. The van der Waals surface area contributed by atoms with Gasteiger partial charge in [-0.1, -0.05) is 32.9 Å². The normalized spacial score (nSPS) is 27.9. The van der Waals surface area contributed by atoms with Crippen LogP contribution in [0.25, 0.3) is 0 Å². The number of nitrogens with zero attached hydrogens (tertiary/aromatic N) is 3. The van der Waals surface area contributed by atoms with Gasteiger partial charge in [0.2, 0.25) is 5.91 Å². The zero-order valence-electron chi connectivity index (χ0n) is 17.6. The second-order valence-electron chi connectivity index (χ2n) is 9.71. The summed E-state index contributed by atoms with van der Waals surface area (Å²) in [5, 5.41) is 14.3. The number of aryl methyl sites for hydroxylation is 1. The van der Waals surface area contributed by atoms with Gasteiger partial charge in [0.05, 0.1) is 23.4 Å². The molecule has 0 aliphatic carbocycles. The van der Waals surface area contributed by atoms with Crippen molar-refractivity contribution in [1.29, 1.82) is 0 Å². The van der Waals surface area contributed by atoms with Gasteiger partial charge in [-0.2, -0.15) is 0 Å². The third-order valence-corrected chi connectivity index (χ3v) is 6.53. The van der Waals surface area contributed by atoms with Crippen LogP contribution in [-0.4, -0.2) is 51.0 Å². The average Bonchev–Trinajstić information content (AvgIpc) is 3.16. The predicted octanol–water partition coefficient (Wildman–Crippen LogP) is 3.33. The molecule has 1 amide bonds. The summed E-state index contributed by atoms with van der Waals surface area (Å²) >= 11 is 0. The van der Waals surface area contributed by atoms with Gasteiger partial charge in [-0.15, -0.1) is 0 Å². The molecule has 0 bridgehead atoms. The highest BCUT2D eigenvalue weighted by Crippen LogP contribution is 2.45. The first kappa shape index (κ1) is 20.1. The maximum absolute atomic E-state index is 13.5. The Morgan fingerprint density at radius 1 is 1.33 bits per heavy atom. The Bertz CT molecular complexity index is 748. The molecular formula is C21H33N3O3. The molecule has 0 saturated carbocycles. The predicted molar refractivity (Wildman–Crippen MR) is 105 cm³/mol. The molecular weight excluding hydrogens is 342 g/mol. The first-order valence-corrected chi connectivity index (χ1v) is 9.93. The molecule has 1 aromatic heterocycles. The van der Waals surface area contributed by atoms with Crippen LogP contribution in [0.4, 0.5) is 0 Å². The summed E-state index contributed by atoms with van der Waals surface area (Å²) in [4.78, 5) is 20.3. The lowest BCUT2D eigenvalue weighted by Crippen LogP contribution is -2.44. The van der Waals surface area contributed by atoms with Gasteiger partial charge in [-0.05, 0) is 38.5 Å². The lowest BCUT2D eigenvalue weighted by atomic mass is 9.74. The van der Waals surface area contributed by atoms with Crippen molar-refractivity contribution in [2.24, 2.45) is 16.3 Å². The maximum atomic E-state index is 13.5. The Kier molecular flexibility index (Phi) is 5.00. The summed E-state index contributed by atoms with van der Waals surface area (Å²) < 4.78 is 5.43. The van der Waals surface area contributed by atoms with Crippen LogP contribution < -0.4 is 0 Å². The minimum atomic E-state index is -0.516. The Morgan fingerprint density at radius 2 is 2.00 bits per heavy atom. The number of aliphatic hydroxyl groups is 1. The van der Waals surface area contributed by atoms with E-state index in [-0.39, 0.29) is 28.8 Å². The number of β-amino-alcohol motifs (C(OH)–C–C–N with tert-alkyl or cyclic N) is 1. The Morgan fingerprint density at radius 3 is 2.48 bits per heavy atom. The third kappa shape index (κ3) is 3.56. The van der Waals surface area contributed by atoms with Crippen molar-refractivity contribution < 1.29 is 14.4 Å². The van der Waals surface area contributed by atoms with Crippen LogP contribution in [0, 0.1) is 18.3 Å². The van der Waals surface area contributed by atoms with Crippen molar-refractivity contribution in [3.05, 3.63) is 17.5 Å². The Balaban J connectivity index is 1.91. The van der Waals surface area contributed by atoms with E-state index in [1.807, 2.05) is 31.7 Å². The zero-order valence-corrected chi connectivity index (χ0v) is 17.6. The molecule has 0 radical (unpaired) electrons. The molecule has 6 nitrogen and oxygen atoms in total. The van der Waals surface area contributed by atoms with Crippen molar-refractivity contribution in [2.75, 3.05) is 6.54 Å². The van der Waals surface area contributed by atoms with Crippen molar-refractivity contribution in [2.45, 2.75) is 84.9 Å². The number of rotatable bonds is 4. The number of carbonyl (C=O) groups excluding carboxylic acids is 1. The Labute approximate surface area is 162 Å². The minimum Gasteiger partial charge on any atom is -0.391 e. The van der Waals surface area contributed by atoms with Crippen molar-refractivity contribution in [1.82, 2.24) is 10.1 Å². The standard InChI is InChI=1S/C21H33N3O3/c1-12(2)18(17-8-13(3)23-27-17)19(26)24-11-14(25)9-16(24)15-10-20(4,5)21(6,7)22-15/h8,12,14,16,18,25H,9-11H2,1-7H3/t14-,16?,18?/m1/s1. The minimum absolute atomic E-state index is 0.00656. The highest BCUT2D eigenvalue weighted by atomic mass is 16.5. The van der Waals surface area contributed by atoms with E-state index >= 15 is 0 Å². The summed E-state index contributed by atoms with van der Waals surface area (Å²) in [7, 11) is 0. The molecule has 2 aliphatic rings. The molecule has 3 rings (SSSR count). The van der Waals surface area contributed by atoms with Crippen molar-refractivity contribution in [3.8, 4) is 0 Å². The summed E-state index contributed by atoms with van der Waals surface area (Å²) in [6.45, 7) is 15.0. The van der Waals surface area contributed by atoms with E-state index in [2.05, 4.69) is 32.9 Å². The van der Waals surface area contributed by atoms with E-state index in [0.29, 0.717) is 18.7 Å². The van der Waals surface area contributed by atoms with Gasteiger partial charge >= 0.3 is 0 Å². The highest BCUT2D eigenvalue weighted by molar-refractivity contribution is 5.97. The fraction of sp³-hybridized carbons (Fsp3) is 0.762. The molecule has 1 aromatic rings. The van der Waals surface area contributed by atoms with Gasteiger partial charge in [0.1, 0.15) is 11.7 Å². The van der Waals surface area contributed by atoms with Crippen LogP contribution >= 0.6 is 0 Å². The molecule has 3 atom stereocenters. The summed E-state index contributed by atoms with van der Waals surface area (Å²) in [5.74, 6) is 0.262. The molecule has 150 valence electrons.